The van der Waals surface area contributed by atoms with Crippen molar-refractivity contribution in [2.75, 3.05) is 0 Å². The molecule has 0 radical (unpaired) electrons. The van der Waals surface area contributed by atoms with Crippen LogP contribution in [0.3, 0.4) is 0 Å². The molecule has 0 amide bonds. The molecule has 0 aromatic heterocycles. The molecular formula is C17H26O6. The molecule has 2 N–H and O–H groups in total. The van der Waals surface area contributed by atoms with E-state index in [9.17, 15) is 19.8 Å². The first kappa shape index (κ1) is 16.7. The smallest absolute Gasteiger partial charge is 0.309 e. The van der Waals surface area contributed by atoms with Crippen molar-refractivity contribution in [1.29, 1.82) is 0 Å². The van der Waals surface area contributed by atoms with Gasteiger partial charge in [0, 0.05) is 30.6 Å². The van der Waals surface area contributed by atoms with Crippen LogP contribution in [0.1, 0.15) is 40.5 Å². The van der Waals surface area contributed by atoms with E-state index >= 15 is 0 Å². The number of fused-ring (bicyclic) bond motifs is 2. The average molecular weight is 326 g/mol. The van der Waals surface area contributed by atoms with Crippen molar-refractivity contribution in [3.63, 3.8) is 0 Å². The molecule has 9 atom stereocenters. The van der Waals surface area contributed by atoms with E-state index in [1.807, 2.05) is 13.8 Å². The SMILES string of the molecule is CC(=O)O[C@H]1C[C@@H](O)[C@]2(C)[C@@H]1[C@H](C)C[C@H]1OC(=O)[C@H](C)[C@H]1[C@@H]2O. The molecule has 1 saturated heterocycles. The van der Waals surface area contributed by atoms with Gasteiger partial charge < -0.3 is 19.7 Å². The first-order chi connectivity index (χ1) is 10.7. The van der Waals surface area contributed by atoms with Gasteiger partial charge in [0.15, 0.2) is 0 Å². The molecule has 0 aromatic carbocycles. The Bertz CT molecular complexity index is 519. The zero-order chi connectivity index (χ0) is 17.1. The molecule has 0 unspecified atom stereocenters. The molecule has 0 aromatic rings. The average Bonchev–Trinajstić information content (AvgIpc) is 2.81. The summed E-state index contributed by atoms with van der Waals surface area (Å²) in [5.74, 6) is -1.48. The Labute approximate surface area is 136 Å². The first-order valence-electron chi connectivity index (χ1n) is 8.41. The largest absolute Gasteiger partial charge is 0.462 e. The summed E-state index contributed by atoms with van der Waals surface area (Å²) in [6, 6.07) is 0. The lowest BCUT2D eigenvalue weighted by Gasteiger charge is -2.42. The Kier molecular flexibility index (Phi) is 3.96. The van der Waals surface area contributed by atoms with Gasteiger partial charge in [0.1, 0.15) is 12.2 Å². The number of hydrogen-bond donors (Lipinski definition) is 2. The lowest BCUT2D eigenvalue weighted by atomic mass is 9.66. The predicted octanol–water partition coefficient (Wildman–Crippen LogP) is 0.884. The highest BCUT2D eigenvalue weighted by molar-refractivity contribution is 5.75. The molecule has 3 rings (SSSR count). The number of carbonyl (C=O) groups is 2. The Morgan fingerprint density at radius 1 is 1.30 bits per heavy atom. The number of esters is 2. The summed E-state index contributed by atoms with van der Waals surface area (Å²) in [5.41, 5.74) is -0.818. The minimum absolute atomic E-state index is 0.0595. The van der Waals surface area contributed by atoms with Gasteiger partial charge in [0.25, 0.3) is 0 Å². The summed E-state index contributed by atoms with van der Waals surface area (Å²) >= 11 is 0. The molecule has 6 nitrogen and oxygen atoms in total. The van der Waals surface area contributed by atoms with E-state index in [1.165, 1.54) is 6.92 Å². The summed E-state index contributed by atoms with van der Waals surface area (Å²) in [7, 11) is 0. The van der Waals surface area contributed by atoms with Crippen LogP contribution in [0, 0.1) is 29.1 Å². The molecule has 2 aliphatic carbocycles. The third-order valence-corrected chi connectivity index (χ3v) is 6.47. The summed E-state index contributed by atoms with van der Waals surface area (Å²) in [5, 5.41) is 21.8. The number of rotatable bonds is 1. The van der Waals surface area contributed by atoms with Crippen molar-refractivity contribution < 1.29 is 29.3 Å². The Morgan fingerprint density at radius 2 is 1.96 bits per heavy atom. The van der Waals surface area contributed by atoms with Crippen LogP contribution < -0.4 is 0 Å². The molecule has 130 valence electrons. The van der Waals surface area contributed by atoms with Crippen LogP contribution in [0.4, 0.5) is 0 Å². The van der Waals surface area contributed by atoms with Gasteiger partial charge in [-0.2, -0.15) is 0 Å². The summed E-state index contributed by atoms with van der Waals surface area (Å²) in [4.78, 5) is 23.3. The Hall–Kier alpha value is -1.14. The van der Waals surface area contributed by atoms with Crippen molar-refractivity contribution in [2.45, 2.75) is 65.0 Å². The van der Waals surface area contributed by atoms with Gasteiger partial charge in [-0.1, -0.05) is 20.8 Å². The molecule has 2 saturated carbocycles. The highest BCUT2D eigenvalue weighted by atomic mass is 16.6. The maximum atomic E-state index is 11.9. The van der Waals surface area contributed by atoms with Crippen LogP contribution in [-0.2, 0) is 19.1 Å². The van der Waals surface area contributed by atoms with Crippen LogP contribution >= 0.6 is 0 Å². The summed E-state index contributed by atoms with van der Waals surface area (Å²) in [6.45, 7) is 7.00. The van der Waals surface area contributed by atoms with E-state index in [2.05, 4.69) is 0 Å². The fraction of sp³-hybridized carbons (Fsp3) is 0.882. The topological polar surface area (TPSA) is 93.1 Å². The van der Waals surface area contributed by atoms with Crippen LogP contribution in [0.15, 0.2) is 0 Å². The molecule has 3 aliphatic rings. The maximum absolute atomic E-state index is 11.9. The molecule has 23 heavy (non-hydrogen) atoms. The lowest BCUT2D eigenvalue weighted by Crippen LogP contribution is -2.50. The van der Waals surface area contributed by atoms with E-state index in [-0.39, 0.29) is 35.8 Å². The summed E-state index contributed by atoms with van der Waals surface area (Å²) < 4.78 is 10.9. The van der Waals surface area contributed by atoms with Crippen molar-refractivity contribution in [3.8, 4) is 0 Å². The predicted molar refractivity (Wildman–Crippen MR) is 80.1 cm³/mol. The number of aliphatic hydroxyl groups excluding tert-OH is 2. The van der Waals surface area contributed by atoms with Crippen molar-refractivity contribution in [2.24, 2.45) is 29.1 Å². The van der Waals surface area contributed by atoms with Gasteiger partial charge in [-0.25, -0.2) is 0 Å². The van der Waals surface area contributed by atoms with Crippen molar-refractivity contribution >= 4 is 11.9 Å². The second-order valence-corrected chi connectivity index (χ2v) is 7.79. The van der Waals surface area contributed by atoms with E-state index in [4.69, 9.17) is 9.47 Å². The first-order valence-corrected chi connectivity index (χ1v) is 8.41. The molecule has 3 fully saturated rings. The number of hydrogen-bond acceptors (Lipinski definition) is 6. The second-order valence-electron chi connectivity index (χ2n) is 7.79. The number of ether oxygens (including phenoxy) is 2. The van der Waals surface area contributed by atoms with E-state index in [0.717, 1.165) is 0 Å². The third kappa shape index (κ3) is 2.30. The van der Waals surface area contributed by atoms with Gasteiger partial charge in [-0.05, 0) is 12.3 Å². The van der Waals surface area contributed by atoms with Crippen LogP contribution in [0.2, 0.25) is 0 Å². The van der Waals surface area contributed by atoms with Crippen molar-refractivity contribution in [1.82, 2.24) is 0 Å². The fourth-order valence-electron chi connectivity index (χ4n) is 5.38. The number of aliphatic hydroxyl groups is 2. The molecule has 6 heteroatoms. The third-order valence-electron chi connectivity index (χ3n) is 6.47. The van der Waals surface area contributed by atoms with Crippen LogP contribution in [0.5, 0.6) is 0 Å². The molecule has 0 spiro atoms. The second kappa shape index (κ2) is 5.45. The molecule has 1 heterocycles. The van der Waals surface area contributed by atoms with Crippen LogP contribution in [0.25, 0.3) is 0 Å². The quantitative estimate of drug-likeness (QED) is 0.695. The maximum Gasteiger partial charge on any atom is 0.309 e. The minimum atomic E-state index is -0.876. The van der Waals surface area contributed by atoms with Gasteiger partial charge in [-0.3, -0.25) is 9.59 Å². The molecule has 0 bridgehead atoms. The normalized spacial score (nSPS) is 52.3. The zero-order valence-corrected chi connectivity index (χ0v) is 14.1. The van der Waals surface area contributed by atoms with Gasteiger partial charge in [-0.15, -0.1) is 0 Å². The lowest BCUT2D eigenvalue weighted by molar-refractivity contribution is -0.152. The van der Waals surface area contributed by atoms with Gasteiger partial charge in [0.2, 0.25) is 0 Å². The van der Waals surface area contributed by atoms with Crippen LogP contribution in [-0.4, -0.2) is 46.6 Å². The van der Waals surface area contributed by atoms with Crippen molar-refractivity contribution in [3.05, 3.63) is 0 Å². The van der Waals surface area contributed by atoms with E-state index < -0.39 is 29.6 Å². The molecule has 1 aliphatic heterocycles. The van der Waals surface area contributed by atoms with Gasteiger partial charge >= 0.3 is 11.9 Å². The van der Waals surface area contributed by atoms with Gasteiger partial charge in [0.05, 0.1) is 18.1 Å². The Balaban J connectivity index is 2.00. The van der Waals surface area contributed by atoms with E-state index in [1.54, 1.807) is 6.92 Å². The highest BCUT2D eigenvalue weighted by Crippen LogP contribution is 2.57. The monoisotopic (exact) mass is 326 g/mol. The summed E-state index contributed by atoms with van der Waals surface area (Å²) in [6.07, 6.45) is -1.47. The standard InChI is InChI=1S/C17H26O6/c1-7-5-10-13(8(2)16(21)23-10)15(20)17(4)12(19)6-11(14(7)17)22-9(3)18/h7-8,10-15,19-20H,5-6H2,1-4H3/t7-,8-,10-,11+,12-,13-,14-,15+,17-/m1/s1. The zero-order valence-electron chi connectivity index (χ0n) is 14.1. The molecular weight excluding hydrogens is 300 g/mol. The fourth-order valence-corrected chi connectivity index (χ4v) is 5.38. The van der Waals surface area contributed by atoms with E-state index in [0.29, 0.717) is 12.8 Å². The minimum Gasteiger partial charge on any atom is -0.462 e. The highest BCUT2D eigenvalue weighted by Gasteiger charge is 2.65. The Morgan fingerprint density at radius 3 is 2.57 bits per heavy atom. The number of carbonyl (C=O) groups excluding carboxylic acids is 2.